The number of pyridine rings is 1. The summed E-state index contributed by atoms with van der Waals surface area (Å²) in [4.78, 5) is 31.3. The maximum atomic E-state index is 13.9. The maximum absolute atomic E-state index is 13.9. The lowest BCUT2D eigenvalue weighted by atomic mass is 9.98. The minimum absolute atomic E-state index is 0.125. The van der Waals surface area contributed by atoms with Crippen molar-refractivity contribution in [3.8, 4) is 0 Å². The summed E-state index contributed by atoms with van der Waals surface area (Å²) >= 11 is 0. The summed E-state index contributed by atoms with van der Waals surface area (Å²) < 4.78 is 15.3. The Morgan fingerprint density at radius 3 is 2.87 bits per heavy atom. The predicted molar refractivity (Wildman–Crippen MR) is 112 cm³/mol. The first-order valence-electron chi connectivity index (χ1n) is 10.5. The average Bonchev–Trinajstić information content (AvgIpc) is 3.40. The van der Waals surface area contributed by atoms with Crippen LogP contribution in [-0.2, 0) is 11.2 Å². The number of carbonyl (C=O) groups is 2. The molecule has 2 aromatic heterocycles. The lowest BCUT2D eigenvalue weighted by molar-refractivity contribution is -0.119. The molecule has 7 heteroatoms. The predicted octanol–water partition coefficient (Wildman–Crippen LogP) is 4.20. The van der Waals surface area contributed by atoms with Crippen molar-refractivity contribution >= 4 is 28.7 Å². The van der Waals surface area contributed by atoms with Crippen molar-refractivity contribution in [1.82, 2.24) is 9.38 Å². The van der Waals surface area contributed by atoms with E-state index in [4.69, 9.17) is 0 Å². The van der Waals surface area contributed by atoms with E-state index < -0.39 is 11.7 Å². The monoisotopic (exact) mass is 406 g/mol. The number of nitrogens with zero attached hydrogens (tertiary/aromatic N) is 3. The van der Waals surface area contributed by atoms with Crippen LogP contribution in [0.3, 0.4) is 0 Å². The van der Waals surface area contributed by atoms with E-state index in [1.165, 1.54) is 48.4 Å². The third-order valence-electron chi connectivity index (χ3n) is 6.18. The van der Waals surface area contributed by atoms with Crippen molar-refractivity contribution in [3.05, 3.63) is 59.9 Å². The molecule has 1 N–H and O–H groups in total. The van der Waals surface area contributed by atoms with Gasteiger partial charge in [0, 0.05) is 30.5 Å². The molecule has 3 aromatic rings. The minimum Gasteiger partial charge on any atom is -0.319 e. The van der Waals surface area contributed by atoms with Crippen molar-refractivity contribution in [2.45, 2.75) is 38.5 Å². The van der Waals surface area contributed by atoms with E-state index in [9.17, 15) is 14.0 Å². The second kappa shape index (κ2) is 7.55. The maximum Gasteiger partial charge on any atom is 0.292 e. The molecule has 1 aromatic carbocycles. The molecule has 0 saturated heterocycles. The zero-order chi connectivity index (χ0) is 20.7. The van der Waals surface area contributed by atoms with Gasteiger partial charge in [0.2, 0.25) is 11.7 Å². The summed E-state index contributed by atoms with van der Waals surface area (Å²) in [6.07, 6.45) is 8.98. The molecular formula is C23H23FN4O2. The van der Waals surface area contributed by atoms with Gasteiger partial charge in [0.25, 0.3) is 5.91 Å². The van der Waals surface area contributed by atoms with E-state index in [-0.39, 0.29) is 17.2 Å². The van der Waals surface area contributed by atoms with Crippen LogP contribution in [0.2, 0.25) is 0 Å². The Morgan fingerprint density at radius 1 is 1.20 bits per heavy atom. The fourth-order valence-corrected chi connectivity index (χ4v) is 4.63. The van der Waals surface area contributed by atoms with E-state index in [2.05, 4.69) is 10.3 Å². The molecule has 1 fully saturated rings. The van der Waals surface area contributed by atoms with Gasteiger partial charge in [-0.15, -0.1) is 0 Å². The largest absolute Gasteiger partial charge is 0.319 e. The van der Waals surface area contributed by atoms with Gasteiger partial charge in [-0.2, -0.15) is 0 Å². The van der Waals surface area contributed by atoms with Gasteiger partial charge in [0.05, 0.1) is 6.20 Å². The van der Waals surface area contributed by atoms with Crippen molar-refractivity contribution < 1.29 is 14.0 Å². The van der Waals surface area contributed by atoms with Crippen molar-refractivity contribution in [2.24, 2.45) is 5.92 Å². The van der Waals surface area contributed by atoms with Gasteiger partial charge in [-0.05, 0) is 61.1 Å². The number of halogens is 1. The zero-order valence-electron chi connectivity index (χ0n) is 16.6. The van der Waals surface area contributed by atoms with Crippen LogP contribution >= 0.6 is 0 Å². The second-order valence-corrected chi connectivity index (χ2v) is 8.15. The Hall–Kier alpha value is -3.22. The van der Waals surface area contributed by atoms with Gasteiger partial charge in [-0.3, -0.25) is 14.0 Å². The highest BCUT2D eigenvalue weighted by Crippen LogP contribution is 2.34. The first-order valence-corrected chi connectivity index (χ1v) is 10.5. The number of aryl methyl sites for hydroxylation is 1. The van der Waals surface area contributed by atoms with E-state index in [1.54, 1.807) is 6.20 Å². The molecule has 0 unspecified atom stereocenters. The van der Waals surface area contributed by atoms with E-state index in [0.29, 0.717) is 24.4 Å². The summed E-state index contributed by atoms with van der Waals surface area (Å²) in [6, 6.07) is 8.53. The number of rotatable bonds is 4. The number of benzene rings is 1. The molecular weight excluding hydrogens is 383 g/mol. The molecule has 1 aliphatic carbocycles. The molecule has 2 amide bonds. The number of hydrogen-bond acceptors (Lipinski definition) is 3. The molecule has 0 bridgehead atoms. The standard InChI is InChI=1S/C23H23FN4O2/c24-18-6-3-11-27-20(18)13-25-22(27)23(30)26-17-8-9-19-16(12-17)7-10-21(29)28(19)14-15-4-1-2-5-15/h3,6,8-9,11-13,15H,1-2,4-5,7,10,14H2,(H,26,30). The summed E-state index contributed by atoms with van der Waals surface area (Å²) in [5.41, 5.74) is 2.91. The molecule has 154 valence electrons. The molecule has 30 heavy (non-hydrogen) atoms. The SMILES string of the molecule is O=C(Nc1ccc2c(c1)CCC(=O)N2CC1CCCC1)c1ncc2c(F)cccn12. The van der Waals surface area contributed by atoms with Crippen LogP contribution in [0.4, 0.5) is 15.8 Å². The van der Waals surface area contributed by atoms with Crippen LogP contribution in [-0.4, -0.2) is 27.7 Å². The third-order valence-corrected chi connectivity index (χ3v) is 6.18. The molecule has 1 aliphatic heterocycles. The first kappa shape index (κ1) is 18.8. The van der Waals surface area contributed by atoms with Crippen LogP contribution in [0, 0.1) is 11.7 Å². The van der Waals surface area contributed by atoms with Gasteiger partial charge in [0.15, 0.2) is 0 Å². The van der Waals surface area contributed by atoms with E-state index in [1.807, 2.05) is 23.1 Å². The highest BCUT2D eigenvalue weighted by atomic mass is 19.1. The highest BCUT2D eigenvalue weighted by molar-refractivity contribution is 6.03. The molecule has 3 heterocycles. The number of nitrogens with one attached hydrogen (secondary N) is 1. The minimum atomic E-state index is -0.426. The molecule has 0 spiro atoms. The van der Waals surface area contributed by atoms with Gasteiger partial charge in [-0.1, -0.05) is 12.8 Å². The van der Waals surface area contributed by atoms with E-state index in [0.717, 1.165) is 17.8 Å². The second-order valence-electron chi connectivity index (χ2n) is 8.15. The number of fused-ring (bicyclic) bond motifs is 2. The smallest absolute Gasteiger partial charge is 0.292 e. The number of anilines is 2. The van der Waals surface area contributed by atoms with Crippen LogP contribution < -0.4 is 10.2 Å². The lowest BCUT2D eigenvalue weighted by Gasteiger charge is -2.31. The van der Waals surface area contributed by atoms with Crippen molar-refractivity contribution in [3.63, 3.8) is 0 Å². The number of carbonyl (C=O) groups excluding carboxylic acids is 2. The van der Waals surface area contributed by atoms with Crippen molar-refractivity contribution in [1.29, 1.82) is 0 Å². The Bertz CT molecular complexity index is 1130. The Labute approximate surface area is 173 Å². The zero-order valence-corrected chi connectivity index (χ0v) is 16.6. The summed E-state index contributed by atoms with van der Waals surface area (Å²) in [7, 11) is 0. The highest BCUT2D eigenvalue weighted by Gasteiger charge is 2.28. The third kappa shape index (κ3) is 3.34. The lowest BCUT2D eigenvalue weighted by Crippen LogP contribution is -2.38. The Morgan fingerprint density at radius 2 is 2.03 bits per heavy atom. The van der Waals surface area contributed by atoms with Crippen LogP contribution in [0.15, 0.2) is 42.7 Å². The molecule has 0 atom stereocenters. The average molecular weight is 406 g/mol. The fourth-order valence-electron chi connectivity index (χ4n) is 4.63. The Kier molecular flexibility index (Phi) is 4.73. The topological polar surface area (TPSA) is 66.7 Å². The first-order chi connectivity index (χ1) is 14.6. The van der Waals surface area contributed by atoms with Crippen molar-refractivity contribution in [2.75, 3.05) is 16.8 Å². The quantitative estimate of drug-likeness (QED) is 0.706. The van der Waals surface area contributed by atoms with E-state index >= 15 is 0 Å². The molecule has 0 radical (unpaired) electrons. The number of amides is 2. The van der Waals surface area contributed by atoms with Crippen LogP contribution in [0.1, 0.15) is 48.3 Å². The summed E-state index contributed by atoms with van der Waals surface area (Å²) in [6.45, 7) is 0.781. The van der Waals surface area contributed by atoms with Gasteiger partial charge < -0.3 is 10.2 Å². The Balaban J connectivity index is 1.38. The van der Waals surface area contributed by atoms with Crippen LogP contribution in [0.25, 0.3) is 5.52 Å². The van der Waals surface area contributed by atoms with Gasteiger partial charge in [0.1, 0.15) is 11.3 Å². The normalized spacial score (nSPS) is 16.8. The molecule has 2 aliphatic rings. The fraction of sp³-hybridized carbons (Fsp3) is 0.348. The van der Waals surface area contributed by atoms with Crippen LogP contribution in [0.5, 0.6) is 0 Å². The number of imidazole rings is 1. The number of aromatic nitrogens is 2. The molecule has 6 nitrogen and oxygen atoms in total. The molecule has 1 saturated carbocycles. The molecule has 5 rings (SSSR count). The summed E-state index contributed by atoms with van der Waals surface area (Å²) in [5, 5.41) is 2.86. The summed E-state index contributed by atoms with van der Waals surface area (Å²) in [5.74, 6) is 0.0471. The number of hydrogen-bond donors (Lipinski definition) is 1. The van der Waals surface area contributed by atoms with Gasteiger partial charge >= 0.3 is 0 Å². The van der Waals surface area contributed by atoms with Gasteiger partial charge in [-0.25, -0.2) is 9.37 Å².